The molecule has 4 heteroatoms. The van der Waals surface area contributed by atoms with Crippen LogP contribution in [0, 0.1) is 5.82 Å². The lowest BCUT2D eigenvalue weighted by atomic mass is 9.90. The maximum absolute atomic E-state index is 12.9. The molecule has 2 rings (SSSR count). The molecule has 1 aliphatic rings. The molecule has 100 valence electrons. The molecular formula is C14H22FN3. The molecule has 1 unspecified atom stereocenters. The lowest BCUT2D eigenvalue weighted by molar-refractivity contribution is 0.337. The Labute approximate surface area is 108 Å². The molecule has 0 aromatic heterocycles. The second-order valence-electron chi connectivity index (χ2n) is 5.27. The predicted molar refractivity (Wildman–Crippen MR) is 73.2 cm³/mol. The van der Waals surface area contributed by atoms with Gasteiger partial charge in [-0.05, 0) is 57.1 Å². The number of nitrogens with zero attached hydrogens (tertiary/aromatic N) is 1. The van der Waals surface area contributed by atoms with Crippen molar-refractivity contribution in [3.8, 4) is 0 Å². The highest BCUT2D eigenvalue weighted by Crippen LogP contribution is 2.26. The topological polar surface area (TPSA) is 41.3 Å². The van der Waals surface area contributed by atoms with E-state index in [0.29, 0.717) is 6.54 Å². The van der Waals surface area contributed by atoms with Crippen molar-refractivity contribution in [2.45, 2.75) is 24.8 Å². The van der Waals surface area contributed by atoms with Crippen LogP contribution in [0.5, 0.6) is 0 Å². The molecule has 1 atom stereocenters. The molecule has 0 bridgehead atoms. The first-order valence-corrected chi connectivity index (χ1v) is 6.56. The van der Waals surface area contributed by atoms with E-state index in [0.717, 1.165) is 38.0 Å². The fourth-order valence-electron chi connectivity index (χ4n) is 2.55. The third-order valence-corrected chi connectivity index (χ3v) is 3.81. The van der Waals surface area contributed by atoms with Gasteiger partial charge in [0.25, 0.3) is 0 Å². The fraction of sp³-hybridized carbons (Fsp3) is 0.571. The van der Waals surface area contributed by atoms with Gasteiger partial charge >= 0.3 is 0 Å². The lowest BCUT2D eigenvalue weighted by Gasteiger charge is -2.33. The Morgan fingerprint density at radius 1 is 1.28 bits per heavy atom. The number of nitrogens with two attached hydrogens (primary N) is 1. The molecule has 1 saturated heterocycles. The monoisotopic (exact) mass is 251 g/mol. The zero-order chi connectivity index (χ0) is 13.0. The van der Waals surface area contributed by atoms with E-state index >= 15 is 0 Å². The van der Waals surface area contributed by atoms with Crippen molar-refractivity contribution in [3.63, 3.8) is 0 Å². The van der Waals surface area contributed by atoms with Crippen LogP contribution in [0.15, 0.2) is 24.3 Å². The number of benzene rings is 1. The van der Waals surface area contributed by atoms with Crippen LogP contribution in [-0.2, 0) is 0 Å². The van der Waals surface area contributed by atoms with Gasteiger partial charge in [0.15, 0.2) is 0 Å². The number of likely N-dealkylation sites (tertiary alicyclic amines) is 1. The summed E-state index contributed by atoms with van der Waals surface area (Å²) >= 11 is 0. The maximum atomic E-state index is 12.9. The number of hydrogen-bond donors (Lipinski definition) is 2. The second kappa shape index (κ2) is 5.67. The normalized spacial score (nSPS) is 25.7. The molecule has 3 nitrogen and oxygen atoms in total. The SMILES string of the molecule is CN1CCCC(CN)(Nc2ccc(F)cc2)CC1. The van der Waals surface area contributed by atoms with Crippen molar-refractivity contribution < 1.29 is 4.39 Å². The van der Waals surface area contributed by atoms with Gasteiger partial charge < -0.3 is 16.0 Å². The van der Waals surface area contributed by atoms with E-state index in [9.17, 15) is 4.39 Å². The van der Waals surface area contributed by atoms with Gasteiger partial charge in [-0.3, -0.25) is 0 Å². The zero-order valence-corrected chi connectivity index (χ0v) is 11.0. The summed E-state index contributed by atoms with van der Waals surface area (Å²) in [6.45, 7) is 2.77. The first-order valence-electron chi connectivity index (χ1n) is 6.56. The fourth-order valence-corrected chi connectivity index (χ4v) is 2.55. The van der Waals surface area contributed by atoms with Crippen LogP contribution in [0.3, 0.4) is 0 Å². The maximum Gasteiger partial charge on any atom is 0.123 e. The van der Waals surface area contributed by atoms with Crippen molar-refractivity contribution in [3.05, 3.63) is 30.1 Å². The van der Waals surface area contributed by atoms with Gasteiger partial charge in [0, 0.05) is 18.8 Å². The molecular weight excluding hydrogens is 229 g/mol. The van der Waals surface area contributed by atoms with E-state index in [-0.39, 0.29) is 11.4 Å². The minimum absolute atomic E-state index is 0.0530. The lowest BCUT2D eigenvalue weighted by Crippen LogP contribution is -2.46. The van der Waals surface area contributed by atoms with Crippen LogP contribution >= 0.6 is 0 Å². The van der Waals surface area contributed by atoms with Crippen LogP contribution in [0.2, 0.25) is 0 Å². The van der Waals surface area contributed by atoms with Crippen molar-refractivity contribution in [1.82, 2.24) is 4.90 Å². The molecule has 1 aromatic carbocycles. The van der Waals surface area contributed by atoms with E-state index in [4.69, 9.17) is 5.73 Å². The van der Waals surface area contributed by atoms with Crippen LogP contribution in [-0.4, -0.2) is 37.1 Å². The highest BCUT2D eigenvalue weighted by atomic mass is 19.1. The molecule has 1 aromatic rings. The zero-order valence-electron chi connectivity index (χ0n) is 11.0. The van der Waals surface area contributed by atoms with Crippen molar-refractivity contribution >= 4 is 5.69 Å². The summed E-state index contributed by atoms with van der Waals surface area (Å²) in [4.78, 5) is 2.34. The number of rotatable bonds is 3. The predicted octanol–water partition coefficient (Wildman–Crippen LogP) is 2.05. The summed E-state index contributed by atoms with van der Waals surface area (Å²) in [6, 6.07) is 6.52. The van der Waals surface area contributed by atoms with E-state index in [2.05, 4.69) is 17.3 Å². The first kappa shape index (κ1) is 13.3. The van der Waals surface area contributed by atoms with Crippen molar-refractivity contribution in [2.24, 2.45) is 5.73 Å². The van der Waals surface area contributed by atoms with Crippen molar-refractivity contribution in [1.29, 1.82) is 0 Å². The average Bonchev–Trinajstić information content (AvgIpc) is 2.56. The Kier molecular flexibility index (Phi) is 4.19. The number of hydrogen-bond acceptors (Lipinski definition) is 3. The van der Waals surface area contributed by atoms with Gasteiger partial charge in [-0.25, -0.2) is 4.39 Å². The summed E-state index contributed by atoms with van der Waals surface area (Å²) in [7, 11) is 2.14. The Morgan fingerprint density at radius 3 is 2.67 bits per heavy atom. The van der Waals surface area contributed by atoms with E-state index < -0.39 is 0 Å². The molecule has 0 spiro atoms. The summed E-state index contributed by atoms with van der Waals surface area (Å²) in [5.41, 5.74) is 6.87. The third-order valence-electron chi connectivity index (χ3n) is 3.81. The highest BCUT2D eigenvalue weighted by molar-refractivity contribution is 5.45. The van der Waals surface area contributed by atoms with Gasteiger partial charge in [0.1, 0.15) is 5.82 Å². The molecule has 0 aliphatic carbocycles. The molecule has 0 saturated carbocycles. The van der Waals surface area contributed by atoms with Crippen molar-refractivity contribution in [2.75, 3.05) is 32.0 Å². The van der Waals surface area contributed by atoms with Crippen LogP contribution < -0.4 is 11.1 Å². The van der Waals surface area contributed by atoms with Crippen LogP contribution in [0.25, 0.3) is 0 Å². The van der Waals surface area contributed by atoms with Gasteiger partial charge in [-0.1, -0.05) is 0 Å². The molecule has 0 radical (unpaired) electrons. The van der Waals surface area contributed by atoms with Crippen LogP contribution in [0.4, 0.5) is 10.1 Å². The Hall–Kier alpha value is -1.13. The van der Waals surface area contributed by atoms with Gasteiger partial charge in [0.2, 0.25) is 0 Å². The van der Waals surface area contributed by atoms with Gasteiger partial charge in [-0.2, -0.15) is 0 Å². The van der Waals surface area contributed by atoms with E-state index in [1.165, 1.54) is 12.1 Å². The number of anilines is 1. The summed E-state index contributed by atoms with van der Waals surface area (Å²) < 4.78 is 12.9. The summed E-state index contributed by atoms with van der Waals surface area (Å²) in [5, 5.41) is 3.51. The Bertz CT molecular complexity index is 379. The molecule has 1 fully saturated rings. The largest absolute Gasteiger partial charge is 0.378 e. The third kappa shape index (κ3) is 3.21. The second-order valence-corrected chi connectivity index (χ2v) is 5.27. The molecule has 3 N–H and O–H groups in total. The quantitative estimate of drug-likeness (QED) is 0.864. The number of nitrogens with one attached hydrogen (secondary N) is 1. The Balaban J connectivity index is 2.09. The molecule has 1 aliphatic heterocycles. The number of halogens is 1. The van der Waals surface area contributed by atoms with E-state index in [1.54, 1.807) is 12.1 Å². The average molecular weight is 251 g/mol. The van der Waals surface area contributed by atoms with E-state index in [1.807, 2.05) is 0 Å². The Morgan fingerprint density at radius 2 is 2.00 bits per heavy atom. The molecule has 1 heterocycles. The highest BCUT2D eigenvalue weighted by Gasteiger charge is 2.30. The summed E-state index contributed by atoms with van der Waals surface area (Å²) in [5.74, 6) is -0.206. The minimum atomic E-state index is -0.206. The van der Waals surface area contributed by atoms with Crippen LogP contribution in [0.1, 0.15) is 19.3 Å². The standard InChI is InChI=1S/C14H22FN3/c1-18-9-2-7-14(11-16,8-10-18)17-13-5-3-12(15)4-6-13/h3-6,17H,2,7-11,16H2,1H3. The smallest absolute Gasteiger partial charge is 0.123 e. The van der Waals surface area contributed by atoms with Gasteiger partial charge in [0.05, 0.1) is 5.54 Å². The molecule has 0 amide bonds. The molecule has 18 heavy (non-hydrogen) atoms. The van der Waals surface area contributed by atoms with Gasteiger partial charge in [-0.15, -0.1) is 0 Å². The minimum Gasteiger partial charge on any atom is -0.378 e. The summed E-state index contributed by atoms with van der Waals surface area (Å²) in [6.07, 6.45) is 3.23. The first-order chi connectivity index (χ1) is 8.63.